The van der Waals surface area contributed by atoms with Gasteiger partial charge in [0.05, 0.1) is 0 Å². The molecule has 0 saturated carbocycles. The van der Waals surface area contributed by atoms with Crippen molar-refractivity contribution >= 4 is 23.2 Å². The maximum absolute atomic E-state index is 6.08. The molecule has 1 aromatic carbocycles. The summed E-state index contributed by atoms with van der Waals surface area (Å²) in [6.07, 6.45) is 16.0. The Bertz CT molecular complexity index is 560. The molecular weight excluding hydrogens is 454 g/mol. The van der Waals surface area contributed by atoms with E-state index in [-0.39, 0.29) is 5.41 Å². The summed E-state index contributed by atoms with van der Waals surface area (Å²) in [6.45, 7) is 0. The van der Waals surface area contributed by atoms with Crippen LogP contribution in [0.1, 0.15) is 29.9 Å². The van der Waals surface area contributed by atoms with Crippen LogP contribution in [0.4, 0.5) is 0 Å². The normalized spacial score (nSPS) is 21.4. The third kappa shape index (κ3) is 2.91. The molecule has 2 aliphatic rings. The van der Waals surface area contributed by atoms with Crippen molar-refractivity contribution in [2.24, 2.45) is 5.41 Å². The molecule has 0 nitrogen and oxygen atoms in total. The zero-order valence-corrected chi connectivity index (χ0v) is 16.3. The molecule has 2 aliphatic carbocycles. The zero-order valence-electron chi connectivity index (χ0n) is 11.2. The van der Waals surface area contributed by atoms with Crippen LogP contribution in [-0.4, -0.2) is 0 Å². The third-order valence-corrected chi connectivity index (χ3v) is 10.00. The van der Waals surface area contributed by atoms with Crippen molar-refractivity contribution in [3.8, 4) is 0 Å². The number of allylic oxidation sites excluding steroid dienone is 5. The molecule has 0 amide bonds. The Balaban J connectivity index is 1.84. The summed E-state index contributed by atoms with van der Waals surface area (Å²) in [6, 6.07) is 8.71. The van der Waals surface area contributed by atoms with Crippen molar-refractivity contribution in [3.05, 3.63) is 65.8 Å². The van der Waals surface area contributed by atoms with Crippen LogP contribution in [0.25, 0.3) is 6.08 Å². The Kier molecular flexibility index (Phi) is 4.69. The number of fused-ring (bicyclic) bond motifs is 1. The van der Waals surface area contributed by atoms with Gasteiger partial charge in [-0.25, -0.2) is 0 Å². The summed E-state index contributed by atoms with van der Waals surface area (Å²) in [4.78, 5) is 0. The summed E-state index contributed by atoms with van der Waals surface area (Å²) < 4.78 is 1.06. The summed E-state index contributed by atoms with van der Waals surface area (Å²) in [5.41, 5.74) is 2.93. The molecule has 0 heterocycles. The molecule has 0 aromatic heterocycles. The molecule has 0 fully saturated rings. The van der Waals surface area contributed by atoms with E-state index in [9.17, 15) is 0 Å². The molecule has 0 aliphatic heterocycles. The number of benzene rings is 1. The molecular formula is C17H17Cl2Hf. The summed E-state index contributed by atoms with van der Waals surface area (Å²) in [5, 5.41) is 0. The van der Waals surface area contributed by atoms with Gasteiger partial charge < -0.3 is 0 Å². The SMILES string of the molecule is [Cl][Hf]([Cl])[CH2]CCC1(C2C=Cc3ccccc32)C=CC=C1. The Labute approximate surface area is 135 Å². The molecule has 20 heavy (non-hydrogen) atoms. The van der Waals surface area contributed by atoms with E-state index in [0.717, 1.165) is 17.0 Å². The summed E-state index contributed by atoms with van der Waals surface area (Å²) >= 11 is -2.14. The first kappa shape index (κ1) is 14.8. The number of halogens is 2. The maximum atomic E-state index is 6.08. The number of rotatable bonds is 5. The van der Waals surface area contributed by atoms with Gasteiger partial charge in [0, 0.05) is 0 Å². The van der Waals surface area contributed by atoms with Gasteiger partial charge in [-0.05, 0) is 0 Å². The van der Waals surface area contributed by atoms with E-state index in [1.165, 1.54) is 11.1 Å². The average Bonchev–Trinajstić information content (AvgIpc) is 3.05. The average molecular weight is 471 g/mol. The van der Waals surface area contributed by atoms with Crippen molar-refractivity contribution in [2.45, 2.75) is 22.9 Å². The van der Waals surface area contributed by atoms with Crippen LogP contribution in [0, 0.1) is 5.41 Å². The second-order valence-corrected chi connectivity index (χ2v) is 18.8. The fraction of sp³-hybridized carbons (Fsp3) is 0.294. The first-order valence-corrected chi connectivity index (χ1v) is 18.5. The van der Waals surface area contributed by atoms with Crippen molar-refractivity contribution in [1.82, 2.24) is 0 Å². The molecule has 0 bridgehead atoms. The first-order chi connectivity index (χ1) is 9.71. The van der Waals surface area contributed by atoms with E-state index in [2.05, 4.69) is 60.7 Å². The minimum absolute atomic E-state index is 0.123. The van der Waals surface area contributed by atoms with Crippen LogP contribution in [0.15, 0.2) is 54.6 Å². The standard InChI is InChI=1S/C17H17.2ClH.Hf/c1-2-11-17(12-5-6-13-17)16-10-9-14-7-3-4-8-15(14)16;;;/h3-10,12-13,16H,1-2,11H2;2*1H;/q;;;+2/p-2. The van der Waals surface area contributed by atoms with Gasteiger partial charge in [-0.15, -0.1) is 0 Å². The van der Waals surface area contributed by atoms with Crippen molar-refractivity contribution in [3.63, 3.8) is 0 Å². The van der Waals surface area contributed by atoms with Crippen molar-refractivity contribution in [1.29, 1.82) is 0 Å². The summed E-state index contributed by atoms with van der Waals surface area (Å²) in [7, 11) is 12.2. The van der Waals surface area contributed by atoms with E-state index in [1.54, 1.807) is 0 Å². The Morgan fingerprint density at radius 3 is 2.60 bits per heavy atom. The van der Waals surface area contributed by atoms with Crippen LogP contribution in [0.2, 0.25) is 4.18 Å². The van der Waals surface area contributed by atoms with Gasteiger partial charge in [-0.3, -0.25) is 0 Å². The van der Waals surface area contributed by atoms with Gasteiger partial charge in [0.25, 0.3) is 0 Å². The molecule has 3 heteroatoms. The van der Waals surface area contributed by atoms with Gasteiger partial charge in [0.2, 0.25) is 0 Å². The monoisotopic (exact) mass is 471 g/mol. The Morgan fingerprint density at radius 2 is 1.85 bits per heavy atom. The van der Waals surface area contributed by atoms with E-state index >= 15 is 0 Å². The molecule has 103 valence electrons. The first-order valence-electron chi connectivity index (χ1n) is 7.02. The second kappa shape index (κ2) is 6.34. The van der Waals surface area contributed by atoms with Crippen LogP contribution >= 0.6 is 17.2 Å². The van der Waals surface area contributed by atoms with Crippen LogP contribution in [0.5, 0.6) is 0 Å². The quantitative estimate of drug-likeness (QED) is 0.461. The third-order valence-electron chi connectivity index (χ3n) is 4.28. The van der Waals surface area contributed by atoms with Gasteiger partial charge in [0.15, 0.2) is 0 Å². The minimum atomic E-state index is -2.14. The predicted octanol–water partition coefficient (Wildman–Crippen LogP) is 6.03. The molecule has 0 radical (unpaired) electrons. The molecule has 1 atom stereocenters. The van der Waals surface area contributed by atoms with Gasteiger partial charge >= 0.3 is 136 Å². The second-order valence-electron chi connectivity index (χ2n) is 5.49. The number of hydrogen-bond donors (Lipinski definition) is 0. The molecule has 0 saturated heterocycles. The fourth-order valence-corrected chi connectivity index (χ4v) is 7.08. The Morgan fingerprint density at radius 1 is 1.10 bits per heavy atom. The molecule has 1 aromatic rings. The van der Waals surface area contributed by atoms with E-state index in [0.29, 0.717) is 5.92 Å². The molecule has 3 rings (SSSR count). The van der Waals surface area contributed by atoms with Crippen LogP contribution < -0.4 is 0 Å². The van der Waals surface area contributed by atoms with Crippen LogP contribution in [0.3, 0.4) is 0 Å². The van der Waals surface area contributed by atoms with E-state index in [1.807, 2.05) is 0 Å². The predicted molar refractivity (Wildman–Crippen MR) is 84.7 cm³/mol. The number of hydrogen-bond acceptors (Lipinski definition) is 0. The van der Waals surface area contributed by atoms with E-state index in [4.69, 9.17) is 17.2 Å². The van der Waals surface area contributed by atoms with Crippen molar-refractivity contribution < 1.29 is 19.1 Å². The summed E-state index contributed by atoms with van der Waals surface area (Å²) in [5.74, 6) is 0.452. The van der Waals surface area contributed by atoms with Crippen LogP contribution in [-0.2, 0) is 19.1 Å². The zero-order chi connectivity index (χ0) is 14.0. The van der Waals surface area contributed by atoms with Gasteiger partial charge in [-0.2, -0.15) is 0 Å². The van der Waals surface area contributed by atoms with E-state index < -0.39 is 19.1 Å². The molecule has 0 N–H and O–H groups in total. The fourth-order valence-electron chi connectivity index (χ4n) is 3.30. The molecule has 1 unspecified atom stereocenters. The Hall–Kier alpha value is -0.110. The van der Waals surface area contributed by atoms with Gasteiger partial charge in [0.1, 0.15) is 0 Å². The topological polar surface area (TPSA) is 0 Å². The van der Waals surface area contributed by atoms with Gasteiger partial charge in [-0.1, -0.05) is 0 Å². The van der Waals surface area contributed by atoms with Crippen molar-refractivity contribution in [2.75, 3.05) is 0 Å². The molecule has 0 spiro atoms.